The minimum atomic E-state index is -0.519. The van der Waals surface area contributed by atoms with Gasteiger partial charge < -0.3 is 19.9 Å². The third-order valence-electron chi connectivity index (χ3n) is 6.08. The van der Waals surface area contributed by atoms with Crippen LogP contribution in [0.3, 0.4) is 0 Å². The molecule has 1 fully saturated rings. The summed E-state index contributed by atoms with van der Waals surface area (Å²) in [6, 6.07) is 16.7. The molecule has 30 heavy (non-hydrogen) atoms. The summed E-state index contributed by atoms with van der Waals surface area (Å²) in [5.74, 6) is 1.82. The fourth-order valence-corrected chi connectivity index (χ4v) is 4.46. The van der Waals surface area contributed by atoms with E-state index in [1.165, 1.54) is 43.2 Å². The maximum Gasteiger partial charge on any atom is 0.120 e. The highest BCUT2D eigenvalue weighted by Gasteiger charge is 2.20. The van der Waals surface area contributed by atoms with E-state index in [9.17, 15) is 5.11 Å². The fourth-order valence-electron chi connectivity index (χ4n) is 4.46. The van der Waals surface area contributed by atoms with E-state index in [1.54, 1.807) is 0 Å². The highest BCUT2D eigenvalue weighted by molar-refractivity contribution is 5.85. The third kappa shape index (κ3) is 6.63. The third-order valence-corrected chi connectivity index (χ3v) is 6.08. The molecule has 0 saturated heterocycles. The molecule has 164 valence electrons. The molecule has 4 rings (SSSR count). The summed E-state index contributed by atoms with van der Waals surface area (Å²) >= 11 is 0. The predicted molar refractivity (Wildman–Crippen MR) is 123 cm³/mol. The van der Waals surface area contributed by atoms with Gasteiger partial charge in [-0.3, -0.25) is 0 Å². The zero-order chi connectivity index (χ0) is 19.9. The first kappa shape index (κ1) is 22.9. The van der Waals surface area contributed by atoms with Gasteiger partial charge in [-0.1, -0.05) is 24.3 Å². The Labute approximate surface area is 186 Å². The van der Waals surface area contributed by atoms with Crippen LogP contribution in [0.5, 0.6) is 11.5 Å². The Bertz CT molecular complexity index is 764. The molecule has 0 aromatic heterocycles. The molecule has 5 heteroatoms. The van der Waals surface area contributed by atoms with E-state index < -0.39 is 6.10 Å². The molecule has 4 nitrogen and oxygen atoms in total. The van der Waals surface area contributed by atoms with Gasteiger partial charge in [-0.2, -0.15) is 0 Å². The lowest BCUT2D eigenvalue weighted by atomic mass is 10.0. The van der Waals surface area contributed by atoms with Crippen LogP contribution in [0.1, 0.15) is 49.7 Å². The molecule has 2 N–H and O–H groups in total. The van der Waals surface area contributed by atoms with Crippen LogP contribution in [0.4, 0.5) is 0 Å². The van der Waals surface area contributed by atoms with Crippen molar-refractivity contribution < 1.29 is 14.6 Å². The lowest BCUT2D eigenvalue weighted by molar-refractivity contribution is 0.103. The molecular weight excluding hydrogens is 398 g/mol. The van der Waals surface area contributed by atoms with Gasteiger partial charge in [-0.15, -0.1) is 12.4 Å². The average molecular weight is 432 g/mol. The summed E-state index contributed by atoms with van der Waals surface area (Å²) < 4.78 is 11.9. The number of aryl methyl sites for hydroxylation is 1. The van der Waals surface area contributed by atoms with E-state index in [-0.39, 0.29) is 12.4 Å². The smallest absolute Gasteiger partial charge is 0.120 e. The van der Waals surface area contributed by atoms with Gasteiger partial charge >= 0.3 is 0 Å². The van der Waals surface area contributed by atoms with Crippen molar-refractivity contribution in [1.29, 1.82) is 0 Å². The molecule has 1 saturated carbocycles. The zero-order valence-corrected chi connectivity index (χ0v) is 18.4. The van der Waals surface area contributed by atoms with Crippen molar-refractivity contribution in [1.82, 2.24) is 5.32 Å². The van der Waals surface area contributed by atoms with Crippen molar-refractivity contribution in [2.24, 2.45) is 0 Å². The average Bonchev–Trinajstić information content (AvgIpc) is 3.16. The Kier molecular flexibility index (Phi) is 8.86. The van der Waals surface area contributed by atoms with E-state index in [0.717, 1.165) is 30.8 Å². The summed E-state index contributed by atoms with van der Waals surface area (Å²) in [5.41, 5.74) is 2.84. The number of ether oxygens (including phenoxy) is 2. The number of benzene rings is 2. The van der Waals surface area contributed by atoms with E-state index >= 15 is 0 Å². The molecule has 1 unspecified atom stereocenters. The van der Waals surface area contributed by atoms with E-state index in [2.05, 4.69) is 23.5 Å². The number of nitrogens with one attached hydrogen (secondary N) is 1. The summed E-state index contributed by atoms with van der Waals surface area (Å²) in [6.07, 6.45) is 9.23. The molecule has 2 aliphatic carbocycles. The molecule has 0 radical (unpaired) electrons. The van der Waals surface area contributed by atoms with E-state index in [4.69, 9.17) is 9.47 Å². The number of hydrogen-bond donors (Lipinski definition) is 2. The first-order valence-corrected chi connectivity index (χ1v) is 11.1. The Hall–Kier alpha value is -1.75. The van der Waals surface area contributed by atoms with Crippen LogP contribution in [0.25, 0.3) is 0 Å². The second-order valence-electron chi connectivity index (χ2n) is 8.43. The van der Waals surface area contributed by atoms with Gasteiger partial charge in [-0.05, 0) is 86.8 Å². The van der Waals surface area contributed by atoms with Crippen LogP contribution in [0.2, 0.25) is 0 Å². The van der Waals surface area contributed by atoms with Crippen molar-refractivity contribution in [3.05, 3.63) is 59.7 Å². The molecular formula is C25H34ClNO3. The second kappa shape index (κ2) is 11.6. The summed E-state index contributed by atoms with van der Waals surface area (Å²) in [4.78, 5) is 0. The first-order valence-electron chi connectivity index (χ1n) is 11.1. The molecule has 0 aliphatic heterocycles. The highest BCUT2D eigenvalue weighted by Crippen LogP contribution is 2.28. The largest absolute Gasteiger partial charge is 0.491 e. The van der Waals surface area contributed by atoms with Crippen molar-refractivity contribution in [3.8, 4) is 11.5 Å². The van der Waals surface area contributed by atoms with Crippen LogP contribution in [-0.2, 0) is 12.8 Å². The molecule has 0 amide bonds. The monoisotopic (exact) mass is 431 g/mol. The van der Waals surface area contributed by atoms with E-state index in [1.807, 2.05) is 30.3 Å². The number of halogens is 1. The van der Waals surface area contributed by atoms with E-state index in [0.29, 0.717) is 25.3 Å². The van der Waals surface area contributed by atoms with Gasteiger partial charge in [0.05, 0.1) is 6.10 Å². The van der Waals surface area contributed by atoms with Crippen LogP contribution < -0.4 is 14.8 Å². The minimum absolute atomic E-state index is 0. The number of hydrogen-bond acceptors (Lipinski definition) is 4. The zero-order valence-electron chi connectivity index (χ0n) is 17.6. The van der Waals surface area contributed by atoms with Crippen LogP contribution in [0.15, 0.2) is 48.5 Å². The molecule has 0 spiro atoms. The molecule has 2 aliphatic rings. The quantitative estimate of drug-likeness (QED) is 0.594. The molecule has 2 aromatic rings. The maximum absolute atomic E-state index is 10.3. The molecule has 0 heterocycles. The molecule has 2 atom stereocenters. The summed E-state index contributed by atoms with van der Waals surface area (Å²) in [5, 5.41) is 13.9. The Morgan fingerprint density at radius 1 is 0.933 bits per heavy atom. The maximum atomic E-state index is 10.3. The lowest BCUT2D eigenvalue weighted by Crippen LogP contribution is -2.39. The summed E-state index contributed by atoms with van der Waals surface area (Å²) in [6.45, 7) is 0.852. The highest BCUT2D eigenvalue weighted by atomic mass is 35.5. The normalized spacial score (nSPS) is 20.0. The van der Waals surface area contributed by atoms with Gasteiger partial charge in [0.2, 0.25) is 0 Å². The second-order valence-corrected chi connectivity index (χ2v) is 8.43. The van der Waals surface area contributed by atoms with Crippen LogP contribution >= 0.6 is 12.4 Å². The number of para-hydroxylation sites is 1. The standard InChI is InChI=1S/C25H33NO3.ClH/c27-22(18-28-23-9-2-1-3-10-23)17-26-21-8-6-7-19-13-14-25(16-20(19)15-21)29-24-11-4-5-12-24;/h1-3,9-10,13-14,16,21-22,24,26-27H,4-8,11-12,15,17-18H2;1H/t21?,22-;/m0./s1. The van der Waals surface area contributed by atoms with Crippen LogP contribution in [0, 0.1) is 0 Å². The van der Waals surface area contributed by atoms with Gasteiger partial charge in [0.1, 0.15) is 24.2 Å². The Balaban J connectivity index is 0.00000256. The van der Waals surface area contributed by atoms with Crippen molar-refractivity contribution in [2.75, 3.05) is 13.2 Å². The van der Waals surface area contributed by atoms with Gasteiger partial charge in [0.15, 0.2) is 0 Å². The molecule has 2 aromatic carbocycles. The number of aliphatic hydroxyl groups is 1. The SMILES string of the molecule is Cl.O[C@@H](CNC1CCCc2ccc(OC3CCCC3)cc2C1)COc1ccccc1. The number of aliphatic hydroxyl groups excluding tert-OH is 1. The fraction of sp³-hybridized carbons (Fsp3) is 0.520. The van der Waals surface area contributed by atoms with Crippen molar-refractivity contribution in [3.63, 3.8) is 0 Å². The lowest BCUT2D eigenvalue weighted by Gasteiger charge is -2.20. The van der Waals surface area contributed by atoms with Crippen LogP contribution in [-0.4, -0.2) is 36.5 Å². The van der Waals surface area contributed by atoms with Gasteiger partial charge in [0, 0.05) is 12.6 Å². The number of rotatable bonds is 8. The minimum Gasteiger partial charge on any atom is -0.491 e. The first-order chi connectivity index (χ1) is 14.3. The Morgan fingerprint density at radius 2 is 1.73 bits per heavy atom. The Morgan fingerprint density at radius 3 is 2.53 bits per heavy atom. The summed E-state index contributed by atoms with van der Waals surface area (Å²) in [7, 11) is 0. The topological polar surface area (TPSA) is 50.7 Å². The van der Waals surface area contributed by atoms with Gasteiger partial charge in [0.25, 0.3) is 0 Å². The van der Waals surface area contributed by atoms with Crippen molar-refractivity contribution in [2.45, 2.75) is 69.6 Å². The van der Waals surface area contributed by atoms with Crippen molar-refractivity contribution >= 4 is 12.4 Å². The van der Waals surface area contributed by atoms with Gasteiger partial charge in [-0.25, -0.2) is 0 Å². The number of fused-ring (bicyclic) bond motifs is 1. The molecule has 0 bridgehead atoms. The predicted octanol–water partition coefficient (Wildman–Crippen LogP) is 4.71.